The molecule has 0 unspecified atom stereocenters. The van der Waals surface area contributed by atoms with Crippen molar-refractivity contribution < 1.29 is 31.4 Å². The monoisotopic (exact) mass is 442 g/mol. The Labute approximate surface area is 165 Å². The predicted octanol–water partition coefficient (Wildman–Crippen LogP) is 2.59. The Bertz CT molecular complexity index is 1110. The number of hydrogen-bond acceptors (Lipinski definition) is 9. The molecule has 0 N–H and O–H groups in total. The van der Waals surface area contributed by atoms with Crippen LogP contribution < -0.4 is 0 Å². The van der Waals surface area contributed by atoms with Crippen LogP contribution in [0.1, 0.15) is 6.92 Å². The van der Waals surface area contributed by atoms with Gasteiger partial charge in [0.05, 0.1) is 26.2 Å². The SMILES string of the molecule is CCOC=C(S(=O)(=O)c1cccc([N+](=O)[O-])c1)S(=O)(=O)c1cccc([N+](=O)[O-])c1. The van der Waals surface area contributed by atoms with E-state index in [0.29, 0.717) is 18.4 Å². The maximum atomic E-state index is 13.0. The van der Waals surface area contributed by atoms with Gasteiger partial charge in [0.15, 0.2) is 0 Å². The zero-order chi connectivity index (χ0) is 21.8. The molecular formula is C16H14N2O9S2. The van der Waals surface area contributed by atoms with Gasteiger partial charge in [0.25, 0.3) is 11.4 Å². The highest BCUT2D eigenvalue weighted by Crippen LogP contribution is 2.31. The van der Waals surface area contributed by atoms with Crippen molar-refractivity contribution in [3.8, 4) is 0 Å². The number of hydrogen-bond donors (Lipinski definition) is 0. The van der Waals surface area contributed by atoms with Crippen LogP contribution in [0.2, 0.25) is 0 Å². The lowest BCUT2D eigenvalue weighted by Gasteiger charge is -2.11. The minimum atomic E-state index is -4.79. The van der Waals surface area contributed by atoms with E-state index in [4.69, 9.17) is 4.74 Å². The largest absolute Gasteiger partial charge is 0.499 e. The van der Waals surface area contributed by atoms with Crippen LogP contribution in [0.15, 0.2) is 68.8 Å². The molecule has 2 aromatic carbocycles. The maximum Gasteiger partial charge on any atom is 0.270 e. The predicted molar refractivity (Wildman–Crippen MR) is 100 cm³/mol. The van der Waals surface area contributed by atoms with Gasteiger partial charge in [-0.3, -0.25) is 20.2 Å². The first-order valence-corrected chi connectivity index (χ1v) is 10.8. The van der Waals surface area contributed by atoms with E-state index in [0.717, 1.165) is 36.4 Å². The quantitative estimate of drug-likeness (QED) is 0.339. The van der Waals surface area contributed by atoms with Gasteiger partial charge >= 0.3 is 0 Å². The molecule has 2 aromatic rings. The Kier molecular flexibility index (Phi) is 6.34. The standard InChI is InChI=1S/C16H14N2O9S2/c1-2-27-11-16(28(23,24)14-7-3-5-12(9-14)17(19)20)29(25,26)15-8-4-6-13(10-15)18(21)22/h3-11H,2H2,1H3. The molecule has 0 saturated heterocycles. The van der Waals surface area contributed by atoms with E-state index < -0.39 is 54.9 Å². The highest BCUT2D eigenvalue weighted by atomic mass is 32.3. The van der Waals surface area contributed by atoms with Crippen LogP contribution >= 0.6 is 0 Å². The van der Waals surface area contributed by atoms with Gasteiger partial charge in [-0.1, -0.05) is 12.1 Å². The molecule has 0 aliphatic heterocycles. The first-order chi connectivity index (χ1) is 13.5. The number of nitro groups is 2. The summed E-state index contributed by atoms with van der Waals surface area (Å²) in [5.74, 6) is 0. The van der Waals surface area contributed by atoms with Crippen molar-refractivity contribution in [1.29, 1.82) is 0 Å². The third-order valence-electron chi connectivity index (χ3n) is 3.55. The van der Waals surface area contributed by atoms with Gasteiger partial charge in [-0.05, 0) is 19.1 Å². The molecule has 0 amide bonds. The van der Waals surface area contributed by atoms with Gasteiger partial charge in [-0.25, -0.2) is 16.8 Å². The zero-order valence-electron chi connectivity index (χ0n) is 14.8. The molecule has 0 spiro atoms. The Balaban J connectivity index is 2.71. The van der Waals surface area contributed by atoms with Crippen molar-refractivity contribution in [3.05, 3.63) is 79.3 Å². The van der Waals surface area contributed by atoms with E-state index >= 15 is 0 Å². The fourth-order valence-electron chi connectivity index (χ4n) is 2.18. The molecule has 29 heavy (non-hydrogen) atoms. The summed E-state index contributed by atoms with van der Waals surface area (Å²) in [5.41, 5.74) is -1.12. The number of rotatable bonds is 8. The molecule has 0 fully saturated rings. The highest BCUT2D eigenvalue weighted by Gasteiger charge is 2.35. The fourth-order valence-corrected chi connectivity index (χ4v) is 5.84. The average molecular weight is 442 g/mol. The number of nitro benzene ring substituents is 2. The molecule has 0 saturated carbocycles. The molecule has 0 aliphatic rings. The Morgan fingerprint density at radius 1 is 0.897 bits per heavy atom. The molecule has 2 rings (SSSR count). The second kappa shape index (κ2) is 8.36. The van der Waals surface area contributed by atoms with Crippen molar-refractivity contribution in [2.45, 2.75) is 16.7 Å². The maximum absolute atomic E-state index is 13.0. The van der Waals surface area contributed by atoms with Gasteiger partial charge < -0.3 is 4.74 Å². The fraction of sp³-hybridized carbons (Fsp3) is 0.125. The lowest BCUT2D eigenvalue weighted by molar-refractivity contribution is -0.385. The number of sulfone groups is 2. The van der Waals surface area contributed by atoms with E-state index in [1.165, 1.54) is 6.92 Å². The van der Waals surface area contributed by atoms with Crippen LogP contribution in [-0.2, 0) is 24.4 Å². The Morgan fingerprint density at radius 3 is 1.66 bits per heavy atom. The molecule has 13 heteroatoms. The van der Waals surface area contributed by atoms with Crippen LogP contribution in [0.4, 0.5) is 11.4 Å². The number of non-ortho nitro benzene ring substituents is 2. The van der Waals surface area contributed by atoms with Gasteiger partial charge in [0, 0.05) is 24.3 Å². The molecule has 0 radical (unpaired) electrons. The lowest BCUT2D eigenvalue weighted by Crippen LogP contribution is -2.16. The number of benzene rings is 2. The lowest BCUT2D eigenvalue weighted by atomic mass is 10.3. The smallest absolute Gasteiger partial charge is 0.270 e. The molecular weight excluding hydrogens is 428 g/mol. The molecule has 11 nitrogen and oxygen atoms in total. The molecule has 0 atom stereocenters. The summed E-state index contributed by atoms with van der Waals surface area (Å²) in [4.78, 5) is 18.9. The van der Waals surface area contributed by atoms with Gasteiger partial charge in [-0.2, -0.15) is 0 Å². The van der Waals surface area contributed by atoms with Crippen LogP contribution in [0, 0.1) is 20.2 Å². The summed E-state index contributed by atoms with van der Waals surface area (Å²) >= 11 is 0. The molecule has 0 bridgehead atoms. The Morgan fingerprint density at radius 2 is 1.31 bits per heavy atom. The summed E-state index contributed by atoms with van der Waals surface area (Å²) in [7, 11) is -9.59. The zero-order valence-corrected chi connectivity index (χ0v) is 16.4. The number of nitrogens with zero attached hydrogens (tertiary/aromatic N) is 2. The first kappa shape index (κ1) is 22.0. The number of ether oxygens (including phenoxy) is 1. The summed E-state index contributed by atoms with van der Waals surface area (Å²) in [6, 6.07) is 7.65. The van der Waals surface area contributed by atoms with Crippen molar-refractivity contribution in [2.24, 2.45) is 0 Å². The summed E-state index contributed by atoms with van der Waals surface area (Å²) < 4.78 is 55.5. The van der Waals surface area contributed by atoms with Crippen molar-refractivity contribution >= 4 is 31.0 Å². The second-order valence-electron chi connectivity index (χ2n) is 5.41. The molecule has 0 aromatic heterocycles. The minimum Gasteiger partial charge on any atom is -0.499 e. The van der Waals surface area contributed by atoms with E-state index in [1.807, 2.05) is 0 Å². The minimum absolute atomic E-state index is 0.0710. The van der Waals surface area contributed by atoms with Crippen LogP contribution in [0.5, 0.6) is 0 Å². The Hall–Kier alpha value is -3.32. The second-order valence-corrected chi connectivity index (χ2v) is 9.50. The third kappa shape index (κ3) is 4.57. The van der Waals surface area contributed by atoms with Crippen LogP contribution in [0.25, 0.3) is 0 Å². The summed E-state index contributed by atoms with van der Waals surface area (Å²) in [5, 5.41) is 21.9. The van der Waals surface area contributed by atoms with Crippen molar-refractivity contribution in [1.82, 2.24) is 0 Å². The topological polar surface area (TPSA) is 164 Å². The van der Waals surface area contributed by atoms with Crippen LogP contribution in [-0.4, -0.2) is 33.3 Å². The summed E-state index contributed by atoms with van der Waals surface area (Å²) in [6.45, 7) is 1.41. The highest BCUT2D eigenvalue weighted by molar-refractivity contribution is 8.14. The normalized spacial score (nSPS) is 11.5. The first-order valence-electron chi connectivity index (χ1n) is 7.82. The van der Waals surface area contributed by atoms with Gasteiger partial charge in [0.1, 0.15) is 6.26 Å². The van der Waals surface area contributed by atoms with Gasteiger partial charge in [0.2, 0.25) is 23.9 Å². The van der Waals surface area contributed by atoms with E-state index in [9.17, 15) is 37.1 Å². The van der Waals surface area contributed by atoms with Gasteiger partial charge in [-0.15, -0.1) is 0 Å². The van der Waals surface area contributed by atoms with Crippen molar-refractivity contribution in [3.63, 3.8) is 0 Å². The average Bonchev–Trinajstić information content (AvgIpc) is 2.68. The molecule has 0 heterocycles. The van der Waals surface area contributed by atoms with E-state index in [-0.39, 0.29) is 6.61 Å². The van der Waals surface area contributed by atoms with Crippen LogP contribution in [0.3, 0.4) is 0 Å². The molecule has 0 aliphatic carbocycles. The third-order valence-corrected chi connectivity index (χ3v) is 7.87. The molecule has 154 valence electrons. The van der Waals surface area contributed by atoms with E-state index in [1.54, 1.807) is 0 Å². The summed E-state index contributed by atoms with van der Waals surface area (Å²) in [6.07, 6.45) is 0.502. The van der Waals surface area contributed by atoms with Crippen molar-refractivity contribution in [2.75, 3.05) is 6.61 Å². The van der Waals surface area contributed by atoms with E-state index in [2.05, 4.69) is 0 Å².